The molecule has 5 rings (SSSR count). The molecule has 1 aliphatic heterocycles. The number of nitrogens with zero attached hydrogens (tertiary/aromatic N) is 2. The molecule has 26 heavy (non-hydrogen) atoms. The molecule has 2 aromatic carbocycles. The van der Waals surface area contributed by atoms with E-state index in [2.05, 4.69) is 58.7 Å². The third kappa shape index (κ3) is 2.61. The second-order valence-electron chi connectivity index (χ2n) is 6.73. The lowest BCUT2D eigenvalue weighted by Crippen LogP contribution is -2.25. The van der Waals surface area contributed by atoms with Crippen molar-refractivity contribution in [3.05, 3.63) is 70.1 Å². The van der Waals surface area contributed by atoms with Crippen LogP contribution in [0.5, 0.6) is 0 Å². The average molecular weight is 365 g/mol. The number of ether oxygens (including phenoxy) is 1. The van der Waals surface area contributed by atoms with Crippen molar-refractivity contribution >= 4 is 11.8 Å². The van der Waals surface area contributed by atoms with Gasteiger partial charge in [0.25, 0.3) is 0 Å². The number of aromatic nitrogens is 3. The smallest absolute Gasteiger partial charge is 0.344 e. The largest absolute Gasteiger partial charge is 0.376 e. The number of fused-ring (bicyclic) bond motifs is 3. The highest BCUT2D eigenvalue weighted by Gasteiger charge is 2.31. The third-order valence-corrected chi connectivity index (χ3v) is 6.40. The van der Waals surface area contributed by atoms with Gasteiger partial charge in [-0.25, -0.2) is 9.89 Å². The molecule has 132 valence electrons. The van der Waals surface area contributed by atoms with Gasteiger partial charge in [0.15, 0.2) is 5.16 Å². The molecule has 0 amide bonds. The lowest BCUT2D eigenvalue weighted by molar-refractivity contribution is 0.0941. The quantitative estimate of drug-likeness (QED) is 0.767. The fourth-order valence-corrected chi connectivity index (χ4v) is 5.15. The summed E-state index contributed by atoms with van der Waals surface area (Å²) in [5, 5.41) is 7.78. The van der Waals surface area contributed by atoms with E-state index in [1.807, 2.05) is 0 Å². The summed E-state index contributed by atoms with van der Waals surface area (Å²) < 4.78 is 7.43. The van der Waals surface area contributed by atoms with E-state index in [4.69, 9.17) is 4.74 Å². The summed E-state index contributed by atoms with van der Waals surface area (Å²) in [6.45, 7) is 1.34. The van der Waals surface area contributed by atoms with Crippen LogP contribution in [-0.2, 0) is 11.3 Å². The first kappa shape index (κ1) is 15.9. The first-order chi connectivity index (χ1) is 12.8. The molecule has 2 aliphatic rings. The molecular weight excluding hydrogens is 346 g/mol. The van der Waals surface area contributed by atoms with Crippen molar-refractivity contribution in [2.45, 2.75) is 35.9 Å². The van der Waals surface area contributed by atoms with Crippen LogP contribution in [0.4, 0.5) is 0 Å². The van der Waals surface area contributed by atoms with Gasteiger partial charge in [0.1, 0.15) is 0 Å². The van der Waals surface area contributed by atoms with Crippen molar-refractivity contribution < 1.29 is 4.74 Å². The molecule has 1 N–H and O–H groups in total. The van der Waals surface area contributed by atoms with Crippen molar-refractivity contribution in [1.82, 2.24) is 14.8 Å². The average Bonchev–Trinajstić information content (AvgIpc) is 3.38. The zero-order valence-electron chi connectivity index (χ0n) is 14.2. The maximum absolute atomic E-state index is 12.3. The molecule has 0 unspecified atom stereocenters. The molecule has 1 aliphatic carbocycles. The number of hydrogen-bond acceptors (Lipinski definition) is 4. The number of benzene rings is 2. The normalized spacial score (nSPS) is 18.8. The molecule has 5 nitrogen and oxygen atoms in total. The SMILES string of the molecule is O=c1[nH]nc(SC2c3ccccc3-c3ccccc32)n1C[C@@H]1CCCO1. The van der Waals surface area contributed by atoms with E-state index in [0.717, 1.165) is 24.6 Å². The Balaban J connectivity index is 1.51. The summed E-state index contributed by atoms with van der Waals surface area (Å²) in [6.07, 6.45) is 2.16. The zero-order chi connectivity index (χ0) is 17.5. The molecule has 2 heterocycles. The summed E-state index contributed by atoms with van der Waals surface area (Å²) in [7, 11) is 0. The molecule has 0 radical (unpaired) electrons. The van der Waals surface area contributed by atoms with Gasteiger partial charge in [-0.05, 0) is 35.1 Å². The number of H-pyrrole nitrogens is 1. The van der Waals surface area contributed by atoms with Crippen LogP contribution in [0.15, 0.2) is 58.5 Å². The lowest BCUT2D eigenvalue weighted by Gasteiger charge is -2.15. The fraction of sp³-hybridized carbons (Fsp3) is 0.300. The van der Waals surface area contributed by atoms with Gasteiger partial charge < -0.3 is 4.74 Å². The molecule has 1 aromatic heterocycles. The summed E-state index contributed by atoms with van der Waals surface area (Å²) in [5.41, 5.74) is 4.92. The first-order valence-corrected chi connectivity index (χ1v) is 9.81. The van der Waals surface area contributed by atoms with Crippen molar-refractivity contribution in [2.75, 3.05) is 6.61 Å². The highest BCUT2D eigenvalue weighted by molar-refractivity contribution is 7.99. The summed E-state index contributed by atoms with van der Waals surface area (Å²) >= 11 is 1.63. The number of aromatic amines is 1. The molecule has 1 fully saturated rings. The van der Waals surface area contributed by atoms with Crippen LogP contribution in [0.25, 0.3) is 11.1 Å². The number of hydrogen-bond donors (Lipinski definition) is 1. The van der Waals surface area contributed by atoms with E-state index >= 15 is 0 Å². The molecule has 0 bridgehead atoms. The summed E-state index contributed by atoms with van der Waals surface area (Å²) in [4.78, 5) is 12.3. The monoisotopic (exact) mass is 365 g/mol. The van der Waals surface area contributed by atoms with Crippen molar-refractivity contribution in [3.63, 3.8) is 0 Å². The predicted octanol–water partition coefficient (Wildman–Crippen LogP) is 3.61. The van der Waals surface area contributed by atoms with Crippen LogP contribution >= 0.6 is 11.8 Å². The van der Waals surface area contributed by atoms with Gasteiger partial charge in [0.2, 0.25) is 0 Å². The maximum Gasteiger partial charge on any atom is 0.344 e. The second kappa shape index (κ2) is 6.45. The molecule has 0 spiro atoms. The molecular formula is C20H19N3O2S. The van der Waals surface area contributed by atoms with Crippen molar-refractivity contribution in [1.29, 1.82) is 0 Å². The molecule has 3 aromatic rings. The lowest BCUT2D eigenvalue weighted by atomic mass is 10.1. The van der Waals surface area contributed by atoms with Gasteiger partial charge in [0.05, 0.1) is 17.9 Å². The van der Waals surface area contributed by atoms with Crippen LogP contribution < -0.4 is 5.69 Å². The van der Waals surface area contributed by atoms with Gasteiger partial charge in [0, 0.05) is 6.61 Å². The molecule has 0 saturated carbocycles. The minimum atomic E-state index is -0.164. The van der Waals surface area contributed by atoms with Gasteiger partial charge >= 0.3 is 5.69 Å². The van der Waals surface area contributed by atoms with Crippen LogP contribution in [0.2, 0.25) is 0 Å². The van der Waals surface area contributed by atoms with E-state index < -0.39 is 0 Å². The molecule has 1 saturated heterocycles. The van der Waals surface area contributed by atoms with Crippen LogP contribution in [0.3, 0.4) is 0 Å². The Morgan fingerprint density at radius 1 is 1.12 bits per heavy atom. The highest BCUT2D eigenvalue weighted by atomic mass is 32.2. The van der Waals surface area contributed by atoms with E-state index in [9.17, 15) is 4.79 Å². The zero-order valence-corrected chi connectivity index (χ0v) is 15.0. The summed E-state index contributed by atoms with van der Waals surface area (Å²) in [6, 6.07) is 17.0. The Kier molecular flexibility index (Phi) is 3.94. The Bertz CT molecular complexity index is 959. The Hall–Kier alpha value is -2.31. The van der Waals surface area contributed by atoms with Gasteiger partial charge in [-0.1, -0.05) is 60.3 Å². The van der Waals surface area contributed by atoms with E-state index in [0.29, 0.717) is 6.54 Å². The highest BCUT2D eigenvalue weighted by Crippen LogP contribution is 2.51. The van der Waals surface area contributed by atoms with Gasteiger partial charge in [-0.15, -0.1) is 5.10 Å². The fourth-order valence-electron chi connectivity index (χ4n) is 3.89. The molecule has 1 atom stereocenters. The minimum absolute atomic E-state index is 0.104. The van der Waals surface area contributed by atoms with Crippen LogP contribution in [-0.4, -0.2) is 27.5 Å². The van der Waals surface area contributed by atoms with Crippen LogP contribution in [0.1, 0.15) is 29.2 Å². The maximum atomic E-state index is 12.3. The standard InChI is InChI=1S/C20H19N3O2S/c24-19-21-22-20(23(19)12-13-6-5-11-25-13)26-18-16-9-3-1-7-14(16)15-8-2-4-10-17(15)18/h1-4,7-10,13,18H,5-6,11-12H2,(H,21,24)/t13-/m0/s1. The van der Waals surface area contributed by atoms with E-state index in [1.165, 1.54) is 22.3 Å². The van der Waals surface area contributed by atoms with Crippen molar-refractivity contribution in [2.24, 2.45) is 0 Å². The number of thioether (sulfide) groups is 1. The number of nitrogens with one attached hydrogen (secondary N) is 1. The van der Waals surface area contributed by atoms with Crippen molar-refractivity contribution in [3.8, 4) is 11.1 Å². The Labute approximate surface area is 155 Å². The topological polar surface area (TPSA) is 59.9 Å². The second-order valence-corrected chi connectivity index (χ2v) is 7.80. The molecule has 6 heteroatoms. The van der Waals surface area contributed by atoms with Gasteiger partial charge in [-0.2, -0.15) is 0 Å². The minimum Gasteiger partial charge on any atom is -0.376 e. The first-order valence-electron chi connectivity index (χ1n) is 8.93. The van der Waals surface area contributed by atoms with Crippen LogP contribution in [0, 0.1) is 0 Å². The van der Waals surface area contributed by atoms with E-state index in [1.54, 1.807) is 16.3 Å². The van der Waals surface area contributed by atoms with Gasteiger partial charge in [-0.3, -0.25) is 4.57 Å². The summed E-state index contributed by atoms with van der Waals surface area (Å²) in [5.74, 6) is 0. The Morgan fingerprint density at radius 3 is 2.46 bits per heavy atom. The predicted molar refractivity (Wildman–Crippen MR) is 101 cm³/mol. The number of rotatable bonds is 4. The third-order valence-electron chi connectivity index (χ3n) is 5.13. The Morgan fingerprint density at radius 2 is 1.81 bits per heavy atom. The van der Waals surface area contributed by atoms with E-state index in [-0.39, 0.29) is 17.0 Å².